The lowest BCUT2D eigenvalue weighted by atomic mass is 9.95. The summed E-state index contributed by atoms with van der Waals surface area (Å²) in [6, 6.07) is 0. The van der Waals surface area contributed by atoms with Gasteiger partial charge in [-0.1, -0.05) is 12.8 Å². The molecule has 0 aromatic carbocycles. The van der Waals surface area contributed by atoms with E-state index in [1.807, 2.05) is 4.90 Å². The van der Waals surface area contributed by atoms with E-state index in [9.17, 15) is 9.59 Å². The zero-order valence-electron chi connectivity index (χ0n) is 12.0. The molecule has 5 nitrogen and oxygen atoms in total. The van der Waals surface area contributed by atoms with Crippen LogP contribution >= 0.6 is 0 Å². The number of hydrogen-bond acceptors (Lipinski definition) is 3. The summed E-state index contributed by atoms with van der Waals surface area (Å²) >= 11 is 0. The summed E-state index contributed by atoms with van der Waals surface area (Å²) in [6.45, 7) is 2.13. The summed E-state index contributed by atoms with van der Waals surface area (Å²) in [5, 5.41) is 3.00. The number of hydrogen-bond donors (Lipinski definition) is 1. The Morgan fingerprint density at radius 2 is 2.05 bits per heavy atom. The monoisotopic (exact) mass is 280 g/mol. The minimum Gasteiger partial charge on any atom is -0.378 e. The average Bonchev–Trinajstić information content (AvgIpc) is 3.07. The Hall–Kier alpha value is -1.10. The normalized spacial score (nSPS) is 29.8. The van der Waals surface area contributed by atoms with Crippen LogP contribution in [-0.4, -0.2) is 48.1 Å². The van der Waals surface area contributed by atoms with Crippen LogP contribution in [0.1, 0.15) is 51.4 Å². The molecule has 3 fully saturated rings. The van der Waals surface area contributed by atoms with Crippen molar-refractivity contribution < 1.29 is 14.3 Å². The van der Waals surface area contributed by atoms with Crippen LogP contribution in [0.5, 0.6) is 0 Å². The molecule has 20 heavy (non-hydrogen) atoms. The third kappa shape index (κ3) is 2.68. The number of rotatable bonds is 3. The van der Waals surface area contributed by atoms with Gasteiger partial charge >= 0.3 is 0 Å². The van der Waals surface area contributed by atoms with Crippen molar-refractivity contribution in [2.45, 2.75) is 63.0 Å². The SMILES string of the molecule is O=C1CCN(CCC2CCCO2)C(=O)C2(CCCC2)N1. The first-order chi connectivity index (χ1) is 9.70. The molecule has 1 aliphatic carbocycles. The van der Waals surface area contributed by atoms with Gasteiger partial charge in [0.05, 0.1) is 6.10 Å². The molecule has 2 heterocycles. The van der Waals surface area contributed by atoms with E-state index in [1.165, 1.54) is 0 Å². The van der Waals surface area contributed by atoms with Crippen LogP contribution in [0.4, 0.5) is 0 Å². The molecule has 0 radical (unpaired) electrons. The number of nitrogens with one attached hydrogen (secondary N) is 1. The Labute approximate surface area is 120 Å². The third-order valence-electron chi connectivity index (χ3n) is 4.89. The van der Waals surface area contributed by atoms with Crippen LogP contribution in [0.2, 0.25) is 0 Å². The Balaban J connectivity index is 1.66. The fourth-order valence-electron chi connectivity index (χ4n) is 3.73. The maximum atomic E-state index is 12.8. The summed E-state index contributed by atoms with van der Waals surface area (Å²) in [6.07, 6.45) is 7.52. The lowest BCUT2D eigenvalue weighted by Gasteiger charge is -2.32. The van der Waals surface area contributed by atoms with Crippen LogP contribution in [0.25, 0.3) is 0 Å². The van der Waals surface area contributed by atoms with E-state index in [0.29, 0.717) is 19.1 Å². The second-order valence-corrected chi connectivity index (χ2v) is 6.30. The van der Waals surface area contributed by atoms with E-state index >= 15 is 0 Å². The molecule has 2 amide bonds. The molecular weight excluding hydrogens is 256 g/mol. The van der Waals surface area contributed by atoms with E-state index in [1.54, 1.807) is 0 Å². The fourth-order valence-corrected chi connectivity index (χ4v) is 3.73. The Kier molecular flexibility index (Phi) is 3.96. The topological polar surface area (TPSA) is 58.6 Å². The Morgan fingerprint density at radius 1 is 1.25 bits per heavy atom. The minimum absolute atomic E-state index is 0.0277. The van der Waals surface area contributed by atoms with E-state index in [0.717, 1.165) is 58.1 Å². The highest BCUT2D eigenvalue weighted by Crippen LogP contribution is 2.33. The molecule has 1 N–H and O–H groups in total. The van der Waals surface area contributed by atoms with Crippen molar-refractivity contribution in [3.05, 3.63) is 0 Å². The van der Waals surface area contributed by atoms with E-state index in [-0.39, 0.29) is 11.8 Å². The van der Waals surface area contributed by atoms with Gasteiger partial charge in [-0.05, 0) is 32.1 Å². The quantitative estimate of drug-likeness (QED) is 0.845. The number of ether oxygens (including phenoxy) is 1. The molecule has 3 rings (SSSR count). The maximum absolute atomic E-state index is 12.8. The highest BCUT2D eigenvalue weighted by atomic mass is 16.5. The van der Waals surface area contributed by atoms with Crippen LogP contribution in [0, 0.1) is 0 Å². The zero-order valence-corrected chi connectivity index (χ0v) is 12.0. The average molecular weight is 280 g/mol. The van der Waals surface area contributed by atoms with Crippen LogP contribution in [0.3, 0.4) is 0 Å². The van der Waals surface area contributed by atoms with E-state index < -0.39 is 5.54 Å². The summed E-state index contributed by atoms with van der Waals surface area (Å²) in [5.74, 6) is 0.165. The summed E-state index contributed by atoms with van der Waals surface area (Å²) in [5.41, 5.74) is -0.593. The minimum atomic E-state index is -0.593. The molecule has 2 saturated heterocycles. The van der Waals surface area contributed by atoms with Crippen LogP contribution in [0.15, 0.2) is 0 Å². The van der Waals surface area contributed by atoms with Gasteiger partial charge in [-0.15, -0.1) is 0 Å². The van der Waals surface area contributed by atoms with Crippen molar-refractivity contribution in [1.82, 2.24) is 10.2 Å². The van der Waals surface area contributed by atoms with Gasteiger partial charge in [0.25, 0.3) is 0 Å². The molecule has 112 valence electrons. The second-order valence-electron chi connectivity index (χ2n) is 6.30. The zero-order chi connectivity index (χ0) is 14.0. The summed E-state index contributed by atoms with van der Waals surface area (Å²) in [7, 11) is 0. The lowest BCUT2D eigenvalue weighted by molar-refractivity contribution is -0.138. The molecule has 3 aliphatic rings. The van der Waals surface area contributed by atoms with E-state index in [2.05, 4.69) is 5.32 Å². The second kappa shape index (κ2) is 5.72. The molecule has 1 saturated carbocycles. The molecule has 2 aliphatic heterocycles. The van der Waals surface area contributed by atoms with Crippen molar-refractivity contribution in [2.24, 2.45) is 0 Å². The van der Waals surface area contributed by atoms with Crippen LogP contribution < -0.4 is 5.32 Å². The lowest BCUT2D eigenvalue weighted by Crippen LogP contribution is -2.55. The number of carbonyl (C=O) groups excluding carboxylic acids is 2. The highest BCUT2D eigenvalue weighted by molar-refractivity contribution is 5.93. The Morgan fingerprint density at radius 3 is 2.75 bits per heavy atom. The van der Waals surface area contributed by atoms with E-state index in [4.69, 9.17) is 4.74 Å². The van der Waals surface area contributed by atoms with Crippen LogP contribution in [-0.2, 0) is 14.3 Å². The first-order valence-corrected chi connectivity index (χ1v) is 7.92. The Bertz CT molecular complexity index is 385. The van der Waals surface area contributed by atoms with Gasteiger partial charge < -0.3 is 15.0 Å². The van der Waals surface area contributed by atoms with Gasteiger partial charge in [-0.3, -0.25) is 9.59 Å². The summed E-state index contributed by atoms with van der Waals surface area (Å²) < 4.78 is 5.63. The van der Waals surface area contributed by atoms with Crippen molar-refractivity contribution >= 4 is 11.8 Å². The molecule has 1 atom stereocenters. The van der Waals surface area contributed by atoms with Gasteiger partial charge in [0.1, 0.15) is 5.54 Å². The van der Waals surface area contributed by atoms with Crippen molar-refractivity contribution in [3.63, 3.8) is 0 Å². The predicted molar refractivity (Wildman–Crippen MR) is 74.1 cm³/mol. The third-order valence-corrected chi connectivity index (χ3v) is 4.89. The first-order valence-electron chi connectivity index (χ1n) is 7.92. The van der Waals surface area contributed by atoms with Crippen molar-refractivity contribution in [1.29, 1.82) is 0 Å². The number of carbonyl (C=O) groups is 2. The molecular formula is C15H24N2O3. The molecule has 5 heteroatoms. The highest BCUT2D eigenvalue weighted by Gasteiger charge is 2.46. The molecule has 1 spiro atoms. The standard InChI is InChI=1S/C15H24N2O3/c18-13-6-10-17(9-5-12-4-3-11-20-12)14(19)15(16-13)7-1-2-8-15/h12H,1-11H2,(H,16,18). The fraction of sp³-hybridized carbons (Fsp3) is 0.867. The van der Waals surface area contributed by atoms with Gasteiger partial charge in [0.15, 0.2) is 0 Å². The largest absolute Gasteiger partial charge is 0.378 e. The maximum Gasteiger partial charge on any atom is 0.248 e. The first kappa shape index (κ1) is 13.9. The number of amides is 2. The molecule has 0 bridgehead atoms. The number of nitrogens with zero attached hydrogens (tertiary/aromatic N) is 1. The van der Waals surface area contributed by atoms with Gasteiger partial charge in [0.2, 0.25) is 11.8 Å². The summed E-state index contributed by atoms with van der Waals surface area (Å²) in [4.78, 5) is 26.6. The molecule has 1 unspecified atom stereocenters. The van der Waals surface area contributed by atoms with Crippen molar-refractivity contribution in [2.75, 3.05) is 19.7 Å². The molecule has 0 aromatic rings. The van der Waals surface area contributed by atoms with Crippen molar-refractivity contribution in [3.8, 4) is 0 Å². The molecule has 0 aromatic heterocycles. The van der Waals surface area contributed by atoms with Gasteiger partial charge in [0, 0.05) is 26.1 Å². The van der Waals surface area contributed by atoms with Gasteiger partial charge in [-0.25, -0.2) is 0 Å². The predicted octanol–water partition coefficient (Wildman–Crippen LogP) is 1.22. The smallest absolute Gasteiger partial charge is 0.248 e. The van der Waals surface area contributed by atoms with Gasteiger partial charge in [-0.2, -0.15) is 0 Å².